The molecule has 0 aliphatic carbocycles. The van der Waals surface area contributed by atoms with Crippen molar-refractivity contribution in [3.8, 4) is 11.5 Å². The Morgan fingerprint density at radius 1 is 1.25 bits per heavy atom. The molecule has 0 fully saturated rings. The van der Waals surface area contributed by atoms with E-state index < -0.39 is 0 Å². The molecule has 148 valence electrons. The van der Waals surface area contributed by atoms with Gasteiger partial charge in [-0.1, -0.05) is 6.07 Å². The molecular weight excluding hydrogens is 378 g/mol. The zero-order valence-electron chi connectivity index (χ0n) is 16.2. The van der Waals surface area contributed by atoms with Gasteiger partial charge in [0.15, 0.2) is 11.5 Å². The van der Waals surface area contributed by atoms with E-state index in [2.05, 4.69) is 4.98 Å². The molecule has 0 bridgehead atoms. The Kier molecular flexibility index (Phi) is 6.30. The Bertz CT molecular complexity index is 1030. The quantitative estimate of drug-likeness (QED) is 0.580. The second-order valence-corrected chi connectivity index (χ2v) is 7.04. The smallest absolute Gasteiger partial charge is 0.262 e. The molecule has 2 aromatic heterocycles. The lowest BCUT2D eigenvalue weighted by Gasteiger charge is -2.22. The zero-order valence-corrected chi connectivity index (χ0v) is 17.0. The molecule has 2 heterocycles. The summed E-state index contributed by atoms with van der Waals surface area (Å²) in [5.41, 5.74) is 0.729. The number of hydrogen-bond acceptors (Lipinski definition) is 6. The maximum atomic E-state index is 12.8. The van der Waals surface area contributed by atoms with Gasteiger partial charge in [-0.05, 0) is 43.0 Å². The maximum Gasteiger partial charge on any atom is 0.262 e. The van der Waals surface area contributed by atoms with Crippen LogP contribution in [-0.2, 0) is 17.9 Å². The van der Waals surface area contributed by atoms with Gasteiger partial charge >= 0.3 is 0 Å². The number of hydrogen-bond donors (Lipinski definition) is 0. The van der Waals surface area contributed by atoms with Crippen molar-refractivity contribution >= 4 is 27.5 Å². The van der Waals surface area contributed by atoms with Gasteiger partial charge in [-0.3, -0.25) is 14.2 Å². The monoisotopic (exact) mass is 401 g/mol. The Balaban J connectivity index is 1.76. The number of likely N-dealkylation sites (N-methyl/N-ethyl adjacent to an activating group) is 1. The van der Waals surface area contributed by atoms with E-state index in [0.29, 0.717) is 41.4 Å². The van der Waals surface area contributed by atoms with Crippen molar-refractivity contribution in [1.82, 2.24) is 14.5 Å². The van der Waals surface area contributed by atoms with Crippen molar-refractivity contribution in [2.24, 2.45) is 0 Å². The van der Waals surface area contributed by atoms with Gasteiger partial charge in [-0.15, -0.1) is 11.3 Å². The fraction of sp³-hybridized carbons (Fsp3) is 0.350. The molecule has 0 spiro atoms. The first-order chi connectivity index (χ1) is 13.6. The third-order valence-corrected chi connectivity index (χ3v) is 5.21. The van der Waals surface area contributed by atoms with Crippen LogP contribution >= 0.6 is 11.3 Å². The van der Waals surface area contributed by atoms with Crippen LogP contribution in [0.5, 0.6) is 11.5 Å². The van der Waals surface area contributed by atoms with Crippen molar-refractivity contribution < 1.29 is 14.3 Å². The Morgan fingerprint density at radius 3 is 2.79 bits per heavy atom. The lowest BCUT2D eigenvalue weighted by Crippen LogP contribution is -2.36. The molecule has 0 aliphatic rings. The van der Waals surface area contributed by atoms with Crippen LogP contribution < -0.4 is 15.0 Å². The number of ether oxygens (including phenoxy) is 2. The number of methoxy groups -OCH3 is 1. The van der Waals surface area contributed by atoms with Gasteiger partial charge in [-0.2, -0.15) is 0 Å². The van der Waals surface area contributed by atoms with E-state index in [9.17, 15) is 9.59 Å². The predicted octanol–water partition coefficient (Wildman–Crippen LogP) is 2.91. The SMILES string of the molecule is CCOc1ccc(CN(CC)C(=O)Cn2cnc3sccc3c2=O)cc1OC. The number of carbonyl (C=O) groups is 1. The normalized spacial score (nSPS) is 10.8. The number of amides is 1. The summed E-state index contributed by atoms with van der Waals surface area (Å²) in [6, 6.07) is 7.36. The maximum absolute atomic E-state index is 12.8. The second-order valence-electron chi connectivity index (χ2n) is 6.14. The van der Waals surface area contributed by atoms with Crippen LogP contribution in [-0.4, -0.2) is 40.6 Å². The van der Waals surface area contributed by atoms with E-state index in [1.54, 1.807) is 18.1 Å². The van der Waals surface area contributed by atoms with Crippen LogP contribution in [0.1, 0.15) is 19.4 Å². The molecule has 28 heavy (non-hydrogen) atoms. The van der Waals surface area contributed by atoms with Crippen LogP contribution in [0.3, 0.4) is 0 Å². The Morgan fingerprint density at radius 2 is 2.07 bits per heavy atom. The van der Waals surface area contributed by atoms with Gasteiger partial charge in [0.1, 0.15) is 11.4 Å². The average Bonchev–Trinajstić information content (AvgIpc) is 3.19. The van der Waals surface area contributed by atoms with Crippen molar-refractivity contribution in [3.63, 3.8) is 0 Å². The Labute approximate surface area is 167 Å². The zero-order chi connectivity index (χ0) is 20.1. The molecule has 0 unspecified atom stereocenters. The van der Waals surface area contributed by atoms with Crippen LogP contribution in [0, 0.1) is 0 Å². The van der Waals surface area contributed by atoms with Gasteiger partial charge in [0, 0.05) is 13.1 Å². The summed E-state index contributed by atoms with van der Waals surface area (Å²) < 4.78 is 12.3. The molecule has 1 amide bonds. The van der Waals surface area contributed by atoms with Crippen molar-refractivity contribution in [3.05, 3.63) is 51.9 Å². The van der Waals surface area contributed by atoms with Gasteiger partial charge in [0.05, 0.1) is 25.4 Å². The molecule has 0 aliphatic heterocycles. The van der Waals surface area contributed by atoms with Crippen molar-refractivity contribution in [2.45, 2.75) is 26.9 Å². The average molecular weight is 401 g/mol. The van der Waals surface area contributed by atoms with E-state index in [1.165, 1.54) is 22.2 Å². The first-order valence-corrected chi connectivity index (χ1v) is 9.95. The number of thiophene rings is 1. The number of rotatable bonds is 8. The Hall–Kier alpha value is -2.87. The highest BCUT2D eigenvalue weighted by molar-refractivity contribution is 7.16. The molecule has 0 atom stereocenters. The van der Waals surface area contributed by atoms with Gasteiger partial charge in [0.25, 0.3) is 5.56 Å². The van der Waals surface area contributed by atoms with Gasteiger partial charge in [-0.25, -0.2) is 4.98 Å². The molecule has 0 saturated carbocycles. The van der Waals surface area contributed by atoms with Crippen LogP contribution in [0.15, 0.2) is 40.8 Å². The number of fused-ring (bicyclic) bond motifs is 1. The summed E-state index contributed by atoms with van der Waals surface area (Å²) in [5.74, 6) is 1.16. The third-order valence-electron chi connectivity index (χ3n) is 4.39. The number of benzene rings is 1. The van der Waals surface area contributed by atoms with E-state index >= 15 is 0 Å². The minimum Gasteiger partial charge on any atom is -0.493 e. The lowest BCUT2D eigenvalue weighted by molar-refractivity contribution is -0.132. The van der Waals surface area contributed by atoms with Crippen molar-refractivity contribution in [1.29, 1.82) is 0 Å². The molecule has 7 nitrogen and oxygen atoms in total. The lowest BCUT2D eigenvalue weighted by atomic mass is 10.2. The van der Waals surface area contributed by atoms with E-state index in [4.69, 9.17) is 9.47 Å². The molecule has 3 rings (SSSR count). The minimum absolute atomic E-state index is 0.0420. The summed E-state index contributed by atoms with van der Waals surface area (Å²) in [5, 5.41) is 2.36. The third kappa shape index (κ3) is 4.17. The fourth-order valence-electron chi connectivity index (χ4n) is 2.93. The van der Waals surface area contributed by atoms with E-state index in [1.807, 2.05) is 37.4 Å². The summed E-state index contributed by atoms with van der Waals surface area (Å²) in [6.45, 7) is 5.27. The van der Waals surface area contributed by atoms with Crippen LogP contribution in [0.4, 0.5) is 0 Å². The highest BCUT2D eigenvalue weighted by Gasteiger charge is 2.16. The number of nitrogens with zero attached hydrogens (tertiary/aromatic N) is 3. The minimum atomic E-state index is -0.196. The first kappa shape index (κ1) is 19.9. The summed E-state index contributed by atoms with van der Waals surface area (Å²) in [4.78, 5) is 31.9. The van der Waals surface area contributed by atoms with Gasteiger partial charge < -0.3 is 14.4 Å². The topological polar surface area (TPSA) is 73.7 Å². The fourth-order valence-corrected chi connectivity index (χ4v) is 3.66. The molecule has 1 aromatic carbocycles. The van der Waals surface area contributed by atoms with E-state index in [-0.39, 0.29) is 18.0 Å². The summed E-state index contributed by atoms with van der Waals surface area (Å²) >= 11 is 1.41. The van der Waals surface area contributed by atoms with Gasteiger partial charge in [0.2, 0.25) is 5.91 Å². The van der Waals surface area contributed by atoms with Crippen LogP contribution in [0.2, 0.25) is 0 Å². The first-order valence-electron chi connectivity index (χ1n) is 9.07. The van der Waals surface area contributed by atoms with Crippen molar-refractivity contribution in [2.75, 3.05) is 20.3 Å². The molecule has 0 radical (unpaired) electrons. The number of carbonyl (C=O) groups excluding carboxylic acids is 1. The molecule has 8 heteroatoms. The van der Waals surface area contributed by atoms with E-state index in [0.717, 1.165) is 5.56 Å². The second kappa shape index (κ2) is 8.88. The standard InChI is InChI=1S/C20H23N3O4S/c1-4-22(11-14-6-7-16(27-5-2)17(10-14)26-3)18(24)12-23-13-21-19-15(20(23)25)8-9-28-19/h6-10,13H,4-5,11-12H2,1-3H3. The summed E-state index contributed by atoms with van der Waals surface area (Å²) in [6.07, 6.45) is 1.44. The largest absolute Gasteiger partial charge is 0.493 e. The predicted molar refractivity (Wildman–Crippen MR) is 109 cm³/mol. The van der Waals surface area contributed by atoms with Crippen LogP contribution in [0.25, 0.3) is 10.2 Å². The highest BCUT2D eigenvalue weighted by Crippen LogP contribution is 2.28. The summed E-state index contributed by atoms with van der Waals surface area (Å²) in [7, 11) is 1.59. The molecule has 0 saturated heterocycles. The highest BCUT2D eigenvalue weighted by atomic mass is 32.1. The number of aromatic nitrogens is 2. The molecule has 0 N–H and O–H groups in total. The molecule has 3 aromatic rings. The molecular formula is C20H23N3O4S.